The van der Waals surface area contributed by atoms with Gasteiger partial charge >= 0.3 is 0 Å². The monoisotopic (exact) mass is 274 g/mol. The van der Waals surface area contributed by atoms with Crippen LogP contribution >= 0.6 is 15.9 Å². The molecule has 0 spiro atoms. The molecule has 0 radical (unpaired) electrons. The van der Waals surface area contributed by atoms with E-state index in [4.69, 9.17) is 0 Å². The fraction of sp³-hybridized carbons (Fsp3) is 1.00. The first kappa shape index (κ1) is 13.5. The Morgan fingerprint density at radius 1 is 1.13 bits per heavy atom. The fourth-order valence-electron chi connectivity index (χ4n) is 2.71. The van der Waals surface area contributed by atoms with Gasteiger partial charge in [-0.15, -0.1) is 0 Å². The molecule has 1 aliphatic rings. The molecule has 0 aliphatic heterocycles. The minimum absolute atomic E-state index is 0.797. The Labute approximate surface area is 104 Å². The molecule has 0 N–H and O–H groups in total. The van der Waals surface area contributed by atoms with Crippen molar-refractivity contribution < 1.29 is 0 Å². The molecule has 90 valence electrons. The summed E-state index contributed by atoms with van der Waals surface area (Å²) in [5.74, 6) is 3.67. The van der Waals surface area contributed by atoms with Crippen LogP contribution in [0.2, 0.25) is 0 Å². The van der Waals surface area contributed by atoms with Crippen LogP contribution in [0.4, 0.5) is 0 Å². The minimum Gasteiger partial charge on any atom is -0.0888 e. The Balaban J connectivity index is 2.39. The summed E-state index contributed by atoms with van der Waals surface area (Å²) >= 11 is 3.88. The van der Waals surface area contributed by atoms with E-state index < -0.39 is 0 Å². The average Bonchev–Trinajstić information content (AvgIpc) is 2.16. The van der Waals surface area contributed by atoms with Crippen LogP contribution in [0.3, 0.4) is 0 Å². The van der Waals surface area contributed by atoms with Gasteiger partial charge in [0.15, 0.2) is 0 Å². The Hall–Kier alpha value is 0.480. The molecule has 0 nitrogen and oxygen atoms in total. The zero-order chi connectivity index (χ0) is 11.4. The smallest absolute Gasteiger partial charge is 0.0174 e. The zero-order valence-corrected chi connectivity index (χ0v) is 12.4. The normalized spacial score (nSPS) is 32.6. The summed E-state index contributed by atoms with van der Waals surface area (Å²) in [7, 11) is 0. The van der Waals surface area contributed by atoms with Crippen molar-refractivity contribution in [3.63, 3.8) is 0 Å². The van der Waals surface area contributed by atoms with E-state index >= 15 is 0 Å². The lowest BCUT2D eigenvalue weighted by Crippen LogP contribution is -2.27. The molecule has 1 heteroatoms. The molecule has 15 heavy (non-hydrogen) atoms. The van der Waals surface area contributed by atoms with Crippen molar-refractivity contribution in [2.45, 2.75) is 64.6 Å². The standard InChI is InChI=1S/C14H27Br/c1-10(2)5-6-13-9-12(11(3)4)7-8-14(13)15/h10-14H,5-9H2,1-4H3. The molecule has 0 saturated heterocycles. The van der Waals surface area contributed by atoms with Gasteiger partial charge < -0.3 is 0 Å². The quantitative estimate of drug-likeness (QED) is 0.614. The van der Waals surface area contributed by atoms with E-state index in [1.165, 1.54) is 32.1 Å². The molecule has 1 rings (SSSR count). The number of hydrogen-bond donors (Lipinski definition) is 0. The summed E-state index contributed by atoms with van der Waals surface area (Å²) < 4.78 is 0. The summed E-state index contributed by atoms with van der Waals surface area (Å²) in [5, 5.41) is 0. The van der Waals surface area contributed by atoms with Crippen LogP contribution < -0.4 is 0 Å². The van der Waals surface area contributed by atoms with Crippen LogP contribution in [0.15, 0.2) is 0 Å². The van der Waals surface area contributed by atoms with Gasteiger partial charge in [-0.1, -0.05) is 50.0 Å². The first-order chi connectivity index (χ1) is 7.00. The summed E-state index contributed by atoms with van der Waals surface area (Å²) in [6.45, 7) is 9.45. The molecule has 1 fully saturated rings. The fourth-order valence-corrected chi connectivity index (χ4v) is 3.46. The SMILES string of the molecule is CC(C)CCC1CC(C(C)C)CCC1Br. The minimum atomic E-state index is 0.797. The lowest BCUT2D eigenvalue weighted by atomic mass is 9.74. The largest absolute Gasteiger partial charge is 0.0888 e. The van der Waals surface area contributed by atoms with Gasteiger partial charge in [-0.2, -0.15) is 0 Å². The van der Waals surface area contributed by atoms with Crippen LogP contribution in [-0.2, 0) is 0 Å². The van der Waals surface area contributed by atoms with Crippen LogP contribution in [0.1, 0.15) is 59.8 Å². The van der Waals surface area contributed by atoms with Gasteiger partial charge in [0.25, 0.3) is 0 Å². The maximum Gasteiger partial charge on any atom is 0.0174 e. The van der Waals surface area contributed by atoms with Crippen molar-refractivity contribution in [3.8, 4) is 0 Å². The van der Waals surface area contributed by atoms with Gasteiger partial charge in [-0.05, 0) is 49.4 Å². The highest BCUT2D eigenvalue weighted by molar-refractivity contribution is 9.09. The lowest BCUT2D eigenvalue weighted by Gasteiger charge is -2.35. The van der Waals surface area contributed by atoms with E-state index in [0.29, 0.717) is 0 Å². The second-order valence-corrected chi connectivity index (χ2v) is 7.24. The van der Waals surface area contributed by atoms with Crippen LogP contribution in [-0.4, -0.2) is 4.83 Å². The van der Waals surface area contributed by atoms with Gasteiger partial charge in [0.05, 0.1) is 0 Å². The predicted molar refractivity (Wildman–Crippen MR) is 72.5 cm³/mol. The first-order valence-electron chi connectivity index (χ1n) is 6.64. The highest BCUT2D eigenvalue weighted by Gasteiger charge is 2.29. The Bertz CT molecular complexity index is 174. The molecule has 3 unspecified atom stereocenters. The zero-order valence-electron chi connectivity index (χ0n) is 10.8. The van der Waals surface area contributed by atoms with E-state index in [9.17, 15) is 0 Å². The van der Waals surface area contributed by atoms with Gasteiger partial charge in [0.1, 0.15) is 0 Å². The Morgan fingerprint density at radius 2 is 1.80 bits per heavy atom. The lowest BCUT2D eigenvalue weighted by molar-refractivity contribution is 0.209. The highest BCUT2D eigenvalue weighted by Crippen LogP contribution is 2.39. The van der Waals surface area contributed by atoms with E-state index in [0.717, 1.165) is 28.5 Å². The van der Waals surface area contributed by atoms with Crippen LogP contribution in [0.5, 0.6) is 0 Å². The number of hydrogen-bond acceptors (Lipinski definition) is 0. The Kier molecular flexibility index (Phi) is 5.66. The molecule has 0 amide bonds. The first-order valence-corrected chi connectivity index (χ1v) is 7.56. The second-order valence-electron chi connectivity index (χ2n) is 6.06. The Morgan fingerprint density at radius 3 is 2.33 bits per heavy atom. The third-order valence-corrected chi connectivity index (χ3v) is 5.19. The molecule has 0 aromatic rings. The molecular weight excluding hydrogens is 248 g/mol. The van der Waals surface area contributed by atoms with Gasteiger partial charge in [-0.3, -0.25) is 0 Å². The molecule has 3 atom stereocenters. The van der Waals surface area contributed by atoms with E-state index in [1.807, 2.05) is 0 Å². The molecule has 1 aliphatic carbocycles. The summed E-state index contributed by atoms with van der Waals surface area (Å²) in [4.78, 5) is 0.797. The van der Waals surface area contributed by atoms with E-state index in [1.54, 1.807) is 0 Å². The summed E-state index contributed by atoms with van der Waals surface area (Å²) in [6, 6.07) is 0. The maximum atomic E-state index is 3.88. The van der Waals surface area contributed by atoms with Crippen LogP contribution in [0.25, 0.3) is 0 Å². The van der Waals surface area contributed by atoms with Crippen molar-refractivity contribution in [3.05, 3.63) is 0 Å². The predicted octanol–water partition coefficient (Wildman–Crippen LogP) is 5.26. The molecule has 0 bridgehead atoms. The topological polar surface area (TPSA) is 0 Å². The summed E-state index contributed by atoms with van der Waals surface area (Å²) in [5.41, 5.74) is 0. The highest BCUT2D eigenvalue weighted by atomic mass is 79.9. The number of alkyl halides is 1. The molecular formula is C14H27Br. The van der Waals surface area contributed by atoms with Crippen molar-refractivity contribution >= 4 is 15.9 Å². The third kappa shape index (κ3) is 4.46. The number of rotatable bonds is 4. The van der Waals surface area contributed by atoms with E-state index in [2.05, 4.69) is 43.6 Å². The molecule has 0 aromatic carbocycles. The van der Waals surface area contributed by atoms with Gasteiger partial charge in [0.2, 0.25) is 0 Å². The van der Waals surface area contributed by atoms with Crippen molar-refractivity contribution in [2.24, 2.45) is 23.7 Å². The van der Waals surface area contributed by atoms with Crippen LogP contribution in [0, 0.1) is 23.7 Å². The maximum absolute atomic E-state index is 3.88. The molecule has 0 heterocycles. The third-order valence-electron chi connectivity index (χ3n) is 3.99. The van der Waals surface area contributed by atoms with Crippen molar-refractivity contribution in [1.29, 1.82) is 0 Å². The van der Waals surface area contributed by atoms with Gasteiger partial charge in [-0.25, -0.2) is 0 Å². The van der Waals surface area contributed by atoms with Crippen molar-refractivity contribution in [2.75, 3.05) is 0 Å². The average molecular weight is 275 g/mol. The molecule has 0 aromatic heterocycles. The number of halogens is 1. The second kappa shape index (κ2) is 6.27. The van der Waals surface area contributed by atoms with E-state index in [-0.39, 0.29) is 0 Å². The van der Waals surface area contributed by atoms with Gasteiger partial charge in [0, 0.05) is 4.83 Å². The van der Waals surface area contributed by atoms with Crippen molar-refractivity contribution in [1.82, 2.24) is 0 Å². The molecule has 1 saturated carbocycles. The summed E-state index contributed by atoms with van der Waals surface area (Å²) in [6.07, 6.45) is 7.12.